The maximum atomic E-state index is 7.57. The van der Waals surface area contributed by atoms with Crippen LogP contribution in [-0.2, 0) is 16.2 Å². The predicted molar refractivity (Wildman–Crippen MR) is 434 cm³/mol. The first-order valence-electron chi connectivity index (χ1n) is 37.2. The Morgan fingerprint density at radius 2 is 0.505 bits per heavy atom. The molecule has 3 aliphatic carbocycles. The zero-order chi connectivity index (χ0) is 72.1. The fourth-order valence-corrected chi connectivity index (χ4v) is 18.6. The summed E-state index contributed by atoms with van der Waals surface area (Å²) in [6, 6.07) is 126. The lowest BCUT2D eigenvalue weighted by Crippen LogP contribution is -2.32. The van der Waals surface area contributed by atoms with Crippen LogP contribution in [0.25, 0.3) is 135 Å². The molecule has 0 radical (unpaired) electrons. The van der Waals surface area contributed by atoms with Crippen LogP contribution in [0.4, 0.5) is 0 Å². The van der Waals surface area contributed by atoms with Crippen LogP contribution in [0.2, 0.25) is 0 Å². The van der Waals surface area contributed by atoms with Crippen molar-refractivity contribution in [2.24, 2.45) is 0 Å². The number of benzene rings is 15. The Balaban J connectivity index is 0.754. The summed E-state index contributed by atoms with van der Waals surface area (Å²) in [5.41, 5.74) is 28.1. The van der Waals surface area contributed by atoms with E-state index in [0.29, 0.717) is 34.9 Å². The van der Waals surface area contributed by atoms with Crippen molar-refractivity contribution in [3.8, 4) is 158 Å². The van der Waals surface area contributed by atoms with Crippen molar-refractivity contribution >= 4 is 0 Å². The second-order valence-corrected chi connectivity index (χ2v) is 29.4. The first-order valence-corrected chi connectivity index (χ1v) is 37.2. The van der Waals surface area contributed by atoms with Crippen molar-refractivity contribution in [3.05, 3.63) is 407 Å². The molecule has 2 spiro atoms. The quantitative estimate of drug-likeness (QED) is 0.141. The molecular weight excluding hydrogens is 1330 g/mol. The molecule has 1 unspecified atom stereocenters. The van der Waals surface area contributed by atoms with Gasteiger partial charge in [0.15, 0.2) is 34.9 Å². The predicted octanol–water partition coefficient (Wildman–Crippen LogP) is 24.3. The Morgan fingerprint density at radius 3 is 1.01 bits per heavy atom. The Hall–Kier alpha value is -14.1. The Kier molecular flexibility index (Phi) is 13.7. The smallest absolute Gasteiger partial charge is 0.164 e. The van der Waals surface area contributed by atoms with Gasteiger partial charge >= 0.3 is 0 Å². The van der Waals surface area contributed by atoms with Gasteiger partial charge in [-0.15, -0.1) is 0 Å². The van der Waals surface area contributed by atoms with Gasteiger partial charge in [0.1, 0.15) is 23.0 Å². The van der Waals surface area contributed by atoms with E-state index in [1.807, 2.05) is 78.9 Å². The second-order valence-electron chi connectivity index (χ2n) is 29.4. The number of hydrogen-bond acceptors (Lipinski definition) is 8. The largest absolute Gasteiger partial charge is 0.456 e. The average Bonchev–Trinajstić information content (AvgIpc) is 1.55. The summed E-state index contributed by atoms with van der Waals surface area (Å²) in [5, 5.41) is 0. The van der Waals surface area contributed by atoms with Crippen LogP contribution in [0.15, 0.2) is 352 Å². The molecule has 109 heavy (non-hydrogen) atoms. The number of para-hydroxylation sites is 4. The molecule has 4 heterocycles. The molecule has 0 saturated heterocycles. The summed E-state index contributed by atoms with van der Waals surface area (Å²) in [6.07, 6.45) is 0. The molecule has 17 aromatic rings. The monoisotopic (exact) mass is 1390 g/mol. The highest BCUT2D eigenvalue weighted by Crippen LogP contribution is 2.66. The molecule has 0 fully saturated rings. The van der Waals surface area contributed by atoms with Crippen LogP contribution in [-0.4, -0.2) is 29.9 Å². The molecule has 1 atom stereocenters. The minimum atomic E-state index is -0.826. The molecule has 0 saturated carbocycles. The van der Waals surface area contributed by atoms with Crippen molar-refractivity contribution in [2.45, 2.75) is 30.1 Å². The maximum absolute atomic E-state index is 7.57. The van der Waals surface area contributed by atoms with Gasteiger partial charge in [0.2, 0.25) is 0 Å². The van der Waals surface area contributed by atoms with E-state index in [4.69, 9.17) is 39.4 Å². The number of fused-ring (bicyclic) bond motifs is 21. The van der Waals surface area contributed by atoms with E-state index in [1.165, 1.54) is 50.1 Å². The van der Waals surface area contributed by atoms with E-state index in [0.717, 1.165) is 129 Å². The Morgan fingerprint density at radius 1 is 0.183 bits per heavy atom. The molecule has 5 aliphatic rings. The number of nitrogens with zero attached hydrogens (tertiary/aromatic N) is 6. The van der Waals surface area contributed by atoms with Gasteiger partial charge < -0.3 is 9.47 Å². The molecule has 2 aliphatic heterocycles. The fraction of sp³-hybridized carbons (Fsp3) is 0.0495. The molecule has 510 valence electrons. The van der Waals surface area contributed by atoms with Crippen LogP contribution in [0.1, 0.15) is 69.5 Å². The molecule has 22 rings (SSSR count). The highest BCUT2D eigenvalue weighted by molar-refractivity contribution is 5.98. The van der Waals surface area contributed by atoms with Gasteiger partial charge in [0.25, 0.3) is 0 Å². The summed E-state index contributed by atoms with van der Waals surface area (Å²) < 4.78 is 15.0. The van der Waals surface area contributed by atoms with E-state index in [-0.39, 0.29) is 5.41 Å². The third-order valence-corrected chi connectivity index (χ3v) is 23.4. The van der Waals surface area contributed by atoms with E-state index in [2.05, 4.69) is 287 Å². The van der Waals surface area contributed by atoms with Crippen molar-refractivity contribution in [1.29, 1.82) is 0 Å². The van der Waals surface area contributed by atoms with E-state index in [9.17, 15) is 0 Å². The third-order valence-electron chi connectivity index (χ3n) is 23.4. The number of hydrogen-bond donors (Lipinski definition) is 0. The molecule has 0 N–H and O–H groups in total. The number of ether oxygens (including phenoxy) is 2. The maximum Gasteiger partial charge on any atom is 0.164 e. The van der Waals surface area contributed by atoms with Crippen molar-refractivity contribution in [3.63, 3.8) is 0 Å². The molecule has 8 nitrogen and oxygen atoms in total. The zero-order valence-electron chi connectivity index (χ0n) is 59.5. The summed E-state index contributed by atoms with van der Waals surface area (Å²) in [6.45, 7) is 4.63. The van der Waals surface area contributed by atoms with Gasteiger partial charge in [-0.05, 0) is 119 Å². The Bertz CT molecular complexity index is 6570. The van der Waals surface area contributed by atoms with Crippen LogP contribution in [0, 0.1) is 0 Å². The van der Waals surface area contributed by atoms with Crippen LogP contribution in [0.3, 0.4) is 0 Å². The van der Waals surface area contributed by atoms with Gasteiger partial charge in [-0.1, -0.05) is 335 Å². The highest BCUT2D eigenvalue weighted by atomic mass is 16.5. The van der Waals surface area contributed by atoms with E-state index in [1.54, 1.807) is 0 Å². The fourth-order valence-electron chi connectivity index (χ4n) is 18.6. The lowest BCUT2D eigenvalue weighted by atomic mass is 9.65. The average molecular weight is 1390 g/mol. The molecule has 0 amide bonds. The van der Waals surface area contributed by atoms with Crippen molar-refractivity contribution < 1.29 is 9.47 Å². The molecule has 2 aromatic heterocycles. The second kappa shape index (κ2) is 24.0. The molecular formula is C101H64N6O2. The molecule has 8 heteroatoms. The van der Waals surface area contributed by atoms with Gasteiger partial charge in [0.05, 0.1) is 10.8 Å². The van der Waals surface area contributed by atoms with Crippen molar-refractivity contribution in [1.82, 2.24) is 29.9 Å². The number of aromatic nitrogens is 6. The summed E-state index contributed by atoms with van der Waals surface area (Å²) in [4.78, 5) is 32.0. The van der Waals surface area contributed by atoms with Gasteiger partial charge in [-0.25, -0.2) is 29.9 Å². The van der Waals surface area contributed by atoms with Crippen LogP contribution in [0.5, 0.6) is 23.0 Å². The van der Waals surface area contributed by atoms with E-state index < -0.39 is 10.8 Å². The van der Waals surface area contributed by atoms with Crippen LogP contribution < -0.4 is 9.47 Å². The normalized spacial score (nSPS) is 14.8. The third kappa shape index (κ3) is 9.19. The summed E-state index contributed by atoms with van der Waals surface area (Å²) in [7, 11) is 0. The Labute approximate surface area is 631 Å². The lowest BCUT2D eigenvalue weighted by molar-refractivity contribution is 0.438. The van der Waals surface area contributed by atoms with Crippen molar-refractivity contribution in [2.75, 3.05) is 0 Å². The van der Waals surface area contributed by atoms with Gasteiger partial charge in [-0.2, -0.15) is 0 Å². The first kappa shape index (κ1) is 62.3. The highest BCUT2D eigenvalue weighted by Gasteiger charge is 2.54. The van der Waals surface area contributed by atoms with Crippen LogP contribution >= 0.6 is 0 Å². The minimum absolute atomic E-state index is 0.236. The summed E-state index contributed by atoms with van der Waals surface area (Å²) in [5.74, 6) is 6.62. The van der Waals surface area contributed by atoms with E-state index >= 15 is 0 Å². The van der Waals surface area contributed by atoms with Gasteiger partial charge in [0, 0.05) is 72.2 Å². The summed E-state index contributed by atoms with van der Waals surface area (Å²) >= 11 is 0. The zero-order valence-corrected chi connectivity index (χ0v) is 59.5. The minimum Gasteiger partial charge on any atom is -0.456 e. The molecule has 0 bridgehead atoms. The SMILES string of the molecule is CC1(C)c2ccccc2-c2ccc(-c3nc(-c4ccccc4)nc(-c4ccc(-c5ccc6c(c5)-c5ccccc5C65c6ccccc6Oc6c(-c7ccccc7-c7nc(-c8ccccc8)nc(-c8ccccc8)n7)cccc65)c(-c5cccc6c5Oc5ccccc5C65c6ccccc6-c6ccccc65)c4)n3)cc21. The topological polar surface area (TPSA) is 95.8 Å². The first-order chi connectivity index (χ1) is 53.8. The van der Waals surface area contributed by atoms with Gasteiger partial charge in [-0.3, -0.25) is 0 Å². The molecule has 15 aromatic carbocycles. The lowest BCUT2D eigenvalue weighted by Gasteiger charge is -2.40. The number of rotatable bonds is 9. The standard InChI is InChI=1S/C101H64N6O2/c1-99(2)79-42-18-14-35-69(79)73-56-53-66(60-88(73)99)97-104-93(61-28-6-3-7-29-61)103-96(105-97)65-52-55-67(77(59-65)75-41-27-49-87-92(75)109-89-50-24-22-46-84(89)100(87)80-43-19-15-36-70(80)71-37-16-20-44-81(71)100)64-54-57-83-78(58-64)72-38-17-21-45-82(72)101(83)85-47-23-25-51-90(85)108-91-74(40-26-48-86(91)101)68-34-12-13-39-76(68)98-106-94(62-30-8-4-9-31-62)102-95(107-98)63-32-10-5-11-33-63/h3-60H,1-2H3.